The number of aryl methyl sites for hydroxylation is 2. The molecule has 1 nitrogen and oxygen atoms in total. The molecule has 0 amide bonds. The van der Waals surface area contributed by atoms with Crippen LogP contribution in [0, 0.1) is 6.92 Å². The van der Waals surface area contributed by atoms with Crippen LogP contribution in [-0.4, -0.2) is 5.11 Å². The van der Waals surface area contributed by atoms with Gasteiger partial charge in [0.05, 0.1) is 6.10 Å². The third-order valence-corrected chi connectivity index (χ3v) is 3.94. The van der Waals surface area contributed by atoms with Gasteiger partial charge in [0.15, 0.2) is 0 Å². The van der Waals surface area contributed by atoms with Crippen molar-refractivity contribution in [3.8, 4) is 0 Å². The first-order chi connectivity index (χ1) is 9.10. The number of aliphatic hydroxyl groups is 1. The Morgan fingerprint density at radius 3 is 2.26 bits per heavy atom. The normalized spacial score (nSPS) is 12.4. The van der Waals surface area contributed by atoms with Gasteiger partial charge in [-0.1, -0.05) is 53.2 Å². The average molecular weight is 319 g/mol. The van der Waals surface area contributed by atoms with Crippen LogP contribution in [0.1, 0.15) is 35.3 Å². The highest BCUT2D eigenvalue weighted by atomic mass is 79.9. The van der Waals surface area contributed by atoms with Gasteiger partial charge in [0.1, 0.15) is 0 Å². The van der Waals surface area contributed by atoms with Crippen LogP contribution in [0.5, 0.6) is 0 Å². The topological polar surface area (TPSA) is 20.2 Å². The summed E-state index contributed by atoms with van der Waals surface area (Å²) in [4.78, 5) is 0. The maximum Gasteiger partial charge on any atom is 0.0832 e. The monoisotopic (exact) mass is 318 g/mol. The summed E-state index contributed by atoms with van der Waals surface area (Å²) in [6, 6.07) is 14.5. The molecule has 1 N–H and O–H groups in total. The molecule has 2 rings (SSSR count). The van der Waals surface area contributed by atoms with Crippen molar-refractivity contribution in [2.75, 3.05) is 0 Å². The van der Waals surface area contributed by atoms with Gasteiger partial charge < -0.3 is 5.11 Å². The molecule has 0 radical (unpaired) electrons. The van der Waals surface area contributed by atoms with Crippen LogP contribution in [0.3, 0.4) is 0 Å². The Hall–Kier alpha value is -1.12. The largest absolute Gasteiger partial charge is 0.388 e. The third-order valence-electron chi connectivity index (χ3n) is 3.45. The summed E-state index contributed by atoms with van der Waals surface area (Å²) in [6.45, 7) is 4.18. The van der Waals surface area contributed by atoms with E-state index in [1.807, 2.05) is 25.1 Å². The summed E-state index contributed by atoms with van der Waals surface area (Å²) in [6.07, 6.45) is 1.27. The molecule has 0 aliphatic rings. The zero-order chi connectivity index (χ0) is 13.8. The minimum absolute atomic E-state index is 0.444. The van der Waals surface area contributed by atoms with Gasteiger partial charge in [0, 0.05) is 10.9 Å². The number of aliphatic hydroxyl groups excluding tert-OH is 1. The maximum absolute atomic E-state index is 10.4. The molecule has 0 aliphatic carbocycles. The molecule has 0 saturated carbocycles. The smallest absolute Gasteiger partial charge is 0.0832 e. The van der Waals surface area contributed by atoms with Crippen LogP contribution in [0.2, 0.25) is 0 Å². The van der Waals surface area contributed by atoms with Crippen molar-refractivity contribution in [2.45, 2.75) is 32.8 Å². The van der Waals surface area contributed by atoms with Crippen molar-refractivity contribution >= 4 is 15.9 Å². The summed E-state index contributed by atoms with van der Waals surface area (Å²) >= 11 is 3.45. The number of hydrogen-bond acceptors (Lipinski definition) is 1. The van der Waals surface area contributed by atoms with Gasteiger partial charge >= 0.3 is 0 Å². The lowest BCUT2D eigenvalue weighted by molar-refractivity contribution is 0.177. The molecule has 19 heavy (non-hydrogen) atoms. The van der Waals surface area contributed by atoms with E-state index in [1.54, 1.807) is 0 Å². The minimum Gasteiger partial charge on any atom is -0.388 e. The van der Waals surface area contributed by atoms with E-state index >= 15 is 0 Å². The van der Waals surface area contributed by atoms with E-state index in [4.69, 9.17) is 0 Å². The van der Waals surface area contributed by atoms with E-state index in [9.17, 15) is 5.11 Å². The van der Waals surface area contributed by atoms with Crippen LogP contribution in [0.4, 0.5) is 0 Å². The van der Waals surface area contributed by atoms with Crippen molar-refractivity contribution in [3.05, 3.63) is 69.2 Å². The molecule has 100 valence electrons. The quantitative estimate of drug-likeness (QED) is 0.873. The first-order valence-corrected chi connectivity index (χ1v) is 7.41. The van der Waals surface area contributed by atoms with Gasteiger partial charge in [-0.05, 0) is 47.7 Å². The minimum atomic E-state index is -0.444. The van der Waals surface area contributed by atoms with E-state index in [-0.39, 0.29) is 0 Å². The summed E-state index contributed by atoms with van der Waals surface area (Å²) < 4.78 is 1.05. The lowest BCUT2D eigenvalue weighted by atomic mass is 9.97. The molecule has 0 bridgehead atoms. The fraction of sp³-hybridized carbons (Fsp3) is 0.294. The van der Waals surface area contributed by atoms with Gasteiger partial charge in [0.2, 0.25) is 0 Å². The van der Waals surface area contributed by atoms with Crippen molar-refractivity contribution in [1.29, 1.82) is 0 Å². The molecule has 2 aromatic rings. The van der Waals surface area contributed by atoms with Crippen molar-refractivity contribution in [2.24, 2.45) is 0 Å². The standard InChI is InChI=1S/C17H19BrO/c1-3-13-4-6-14(7-5-13)11-17(19)16-9-8-15(18)10-12(16)2/h4-10,17,19H,3,11H2,1-2H3. The molecule has 0 spiro atoms. The summed E-state index contributed by atoms with van der Waals surface area (Å²) in [5.74, 6) is 0. The number of benzene rings is 2. The Bertz CT molecular complexity index is 546. The molecule has 0 fully saturated rings. The Labute approximate surface area is 123 Å². The molecule has 1 atom stereocenters. The summed E-state index contributed by atoms with van der Waals surface area (Å²) in [5, 5.41) is 10.4. The number of halogens is 1. The Balaban J connectivity index is 2.13. The molecular weight excluding hydrogens is 300 g/mol. The Kier molecular flexibility index (Phi) is 4.78. The van der Waals surface area contributed by atoms with E-state index in [2.05, 4.69) is 47.1 Å². The molecular formula is C17H19BrO. The van der Waals surface area contributed by atoms with Gasteiger partial charge in [-0.3, -0.25) is 0 Å². The molecule has 0 aliphatic heterocycles. The van der Waals surface area contributed by atoms with E-state index in [1.165, 1.54) is 11.1 Å². The number of hydrogen-bond donors (Lipinski definition) is 1. The molecule has 0 aromatic heterocycles. The second-order valence-corrected chi connectivity index (χ2v) is 5.81. The first-order valence-electron chi connectivity index (χ1n) is 6.62. The first kappa shape index (κ1) is 14.3. The van der Waals surface area contributed by atoms with Gasteiger partial charge in [-0.2, -0.15) is 0 Å². The predicted octanol–water partition coefficient (Wildman–Crippen LogP) is 4.60. The molecule has 0 heterocycles. The molecule has 0 saturated heterocycles. The molecule has 2 heteroatoms. The van der Waals surface area contributed by atoms with Crippen LogP contribution >= 0.6 is 15.9 Å². The highest BCUT2D eigenvalue weighted by molar-refractivity contribution is 9.10. The van der Waals surface area contributed by atoms with E-state index in [0.717, 1.165) is 22.0 Å². The second kappa shape index (κ2) is 6.36. The predicted molar refractivity (Wildman–Crippen MR) is 83.4 cm³/mol. The van der Waals surface area contributed by atoms with Crippen LogP contribution < -0.4 is 0 Å². The van der Waals surface area contributed by atoms with Crippen LogP contribution in [0.25, 0.3) is 0 Å². The van der Waals surface area contributed by atoms with Crippen molar-refractivity contribution in [3.63, 3.8) is 0 Å². The zero-order valence-corrected chi connectivity index (χ0v) is 12.9. The zero-order valence-electron chi connectivity index (χ0n) is 11.4. The van der Waals surface area contributed by atoms with Gasteiger partial charge in [0.25, 0.3) is 0 Å². The summed E-state index contributed by atoms with van der Waals surface area (Å²) in [5.41, 5.74) is 4.62. The fourth-order valence-corrected chi connectivity index (χ4v) is 2.73. The Morgan fingerprint density at radius 2 is 1.68 bits per heavy atom. The molecule has 1 unspecified atom stereocenters. The SMILES string of the molecule is CCc1ccc(CC(O)c2ccc(Br)cc2C)cc1. The molecule has 2 aromatic carbocycles. The highest BCUT2D eigenvalue weighted by Gasteiger charge is 2.11. The Morgan fingerprint density at radius 1 is 1.05 bits per heavy atom. The van der Waals surface area contributed by atoms with Gasteiger partial charge in [-0.25, -0.2) is 0 Å². The van der Waals surface area contributed by atoms with E-state index < -0.39 is 6.10 Å². The van der Waals surface area contributed by atoms with Gasteiger partial charge in [-0.15, -0.1) is 0 Å². The van der Waals surface area contributed by atoms with Crippen molar-refractivity contribution in [1.82, 2.24) is 0 Å². The summed E-state index contributed by atoms with van der Waals surface area (Å²) in [7, 11) is 0. The highest BCUT2D eigenvalue weighted by Crippen LogP contribution is 2.24. The van der Waals surface area contributed by atoms with Crippen LogP contribution in [-0.2, 0) is 12.8 Å². The van der Waals surface area contributed by atoms with Crippen LogP contribution in [0.15, 0.2) is 46.9 Å². The second-order valence-electron chi connectivity index (χ2n) is 4.89. The fourth-order valence-electron chi connectivity index (χ4n) is 2.26. The third kappa shape index (κ3) is 3.68. The maximum atomic E-state index is 10.4. The van der Waals surface area contributed by atoms with Crippen molar-refractivity contribution < 1.29 is 5.11 Å². The number of rotatable bonds is 4. The lowest BCUT2D eigenvalue weighted by Crippen LogP contribution is -2.04. The lowest BCUT2D eigenvalue weighted by Gasteiger charge is -2.14. The van der Waals surface area contributed by atoms with E-state index in [0.29, 0.717) is 6.42 Å². The average Bonchev–Trinajstić information content (AvgIpc) is 2.39.